The molecule has 1 rings (SSSR count). The van der Waals surface area contributed by atoms with E-state index in [-0.39, 0.29) is 17.9 Å². The first-order valence-electron chi connectivity index (χ1n) is 8.80. The number of rotatable bonds is 8. The van der Waals surface area contributed by atoms with Crippen molar-refractivity contribution in [3.05, 3.63) is 0 Å². The van der Waals surface area contributed by atoms with E-state index in [2.05, 4.69) is 13.8 Å². The number of amides is 2. The Labute approximate surface area is 135 Å². The van der Waals surface area contributed by atoms with Gasteiger partial charge < -0.3 is 15.5 Å². The summed E-state index contributed by atoms with van der Waals surface area (Å²) in [6.07, 6.45) is 4.70. The molecule has 0 aromatic carbocycles. The van der Waals surface area contributed by atoms with Crippen molar-refractivity contribution in [1.82, 2.24) is 9.80 Å². The zero-order valence-corrected chi connectivity index (χ0v) is 14.5. The zero-order chi connectivity index (χ0) is 16.5. The van der Waals surface area contributed by atoms with Crippen LogP contribution in [0, 0.1) is 5.92 Å². The van der Waals surface area contributed by atoms with Gasteiger partial charge in [-0.25, -0.2) is 0 Å². The minimum Gasteiger partial charge on any atom is -0.343 e. The molecule has 2 atom stereocenters. The summed E-state index contributed by atoms with van der Waals surface area (Å²) >= 11 is 0. The van der Waals surface area contributed by atoms with Gasteiger partial charge in [-0.3, -0.25) is 9.59 Å². The first-order valence-corrected chi connectivity index (χ1v) is 8.80. The topological polar surface area (TPSA) is 66.6 Å². The largest absolute Gasteiger partial charge is 0.343 e. The highest BCUT2D eigenvalue weighted by Gasteiger charge is 2.26. The predicted molar refractivity (Wildman–Crippen MR) is 89.3 cm³/mol. The fraction of sp³-hybridized carbons (Fsp3) is 0.882. The molecule has 5 nitrogen and oxygen atoms in total. The summed E-state index contributed by atoms with van der Waals surface area (Å²) in [5.74, 6) is 0.606. The number of hydrogen-bond acceptors (Lipinski definition) is 3. The maximum atomic E-state index is 12.3. The Kier molecular flexibility index (Phi) is 8.46. The second kappa shape index (κ2) is 9.82. The van der Waals surface area contributed by atoms with Gasteiger partial charge in [-0.15, -0.1) is 0 Å². The molecule has 1 saturated heterocycles. The lowest BCUT2D eigenvalue weighted by atomic mass is 9.92. The Bertz CT molecular complexity index is 352. The van der Waals surface area contributed by atoms with E-state index >= 15 is 0 Å². The van der Waals surface area contributed by atoms with Crippen LogP contribution in [0.25, 0.3) is 0 Å². The Morgan fingerprint density at radius 2 is 1.86 bits per heavy atom. The van der Waals surface area contributed by atoms with Crippen molar-refractivity contribution in [3.63, 3.8) is 0 Å². The quantitative estimate of drug-likeness (QED) is 0.745. The molecule has 0 aliphatic carbocycles. The molecule has 22 heavy (non-hydrogen) atoms. The molecule has 2 N–H and O–H groups in total. The van der Waals surface area contributed by atoms with Crippen LogP contribution in [0.1, 0.15) is 59.3 Å². The molecule has 5 heteroatoms. The molecule has 2 amide bonds. The highest BCUT2D eigenvalue weighted by atomic mass is 16.2. The molecular weight excluding hydrogens is 278 g/mol. The lowest BCUT2D eigenvalue weighted by Crippen LogP contribution is -2.45. The first-order chi connectivity index (χ1) is 10.5. The van der Waals surface area contributed by atoms with E-state index in [0.29, 0.717) is 18.8 Å². The minimum atomic E-state index is 0.103. The number of hydrogen-bond donors (Lipinski definition) is 1. The smallest absolute Gasteiger partial charge is 0.223 e. The van der Waals surface area contributed by atoms with Crippen LogP contribution >= 0.6 is 0 Å². The van der Waals surface area contributed by atoms with E-state index in [1.807, 2.05) is 16.7 Å². The summed E-state index contributed by atoms with van der Waals surface area (Å²) in [6.45, 7) is 9.29. The van der Waals surface area contributed by atoms with Crippen molar-refractivity contribution in [2.75, 3.05) is 26.2 Å². The van der Waals surface area contributed by atoms with Crippen molar-refractivity contribution in [1.29, 1.82) is 0 Å². The van der Waals surface area contributed by atoms with Crippen LogP contribution in [-0.2, 0) is 9.59 Å². The molecule has 0 radical (unpaired) electrons. The molecule has 1 heterocycles. The minimum absolute atomic E-state index is 0.103. The number of nitrogens with zero attached hydrogens (tertiary/aromatic N) is 2. The van der Waals surface area contributed by atoms with Crippen LogP contribution in [-0.4, -0.2) is 53.8 Å². The number of likely N-dealkylation sites (tertiary alicyclic amines) is 1. The van der Waals surface area contributed by atoms with Crippen LogP contribution in [0.15, 0.2) is 0 Å². The van der Waals surface area contributed by atoms with Crippen LogP contribution in [0.5, 0.6) is 0 Å². The zero-order valence-electron chi connectivity index (χ0n) is 14.5. The van der Waals surface area contributed by atoms with Gasteiger partial charge in [0.2, 0.25) is 11.8 Å². The normalized spacial score (nSPS) is 19.8. The van der Waals surface area contributed by atoms with Gasteiger partial charge in [-0.05, 0) is 38.5 Å². The summed E-state index contributed by atoms with van der Waals surface area (Å²) in [6, 6.07) is 0.127. The van der Waals surface area contributed by atoms with Crippen molar-refractivity contribution in [2.24, 2.45) is 11.7 Å². The number of carbonyl (C=O) groups excluding carboxylic acids is 2. The van der Waals surface area contributed by atoms with Gasteiger partial charge >= 0.3 is 0 Å². The van der Waals surface area contributed by atoms with E-state index in [9.17, 15) is 9.59 Å². The van der Waals surface area contributed by atoms with Gasteiger partial charge in [0.15, 0.2) is 0 Å². The second-order valence-electron chi connectivity index (χ2n) is 6.48. The van der Waals surface area contributed by atoms with Gasteiger partial charge in [-0.2, -0.15) is 0 Å². The highest BCUT2D eigenvalue weighted by Crippen LogP contribution is 2.19. The van der Waals surface area contributed by atoms with E-state index in [4.69, 9.17) is 5.73 Å². The fourth-order valence-corrected chi connectivity index (χ4v) is 3.10. The average Bonchev–Trinajstić information content (AvgIpc) is 2.52. The van der Waals surface area contributed by atoms with Gasteiger partial charge in [0.25, 0.3) is 0 Å². The fourth-order valence-electron chi connectivity index (χ4n) is 3.10. The Hall–Kier alpha value is -1.10. The molecule has 0 bridgehead atoms. The van der Waals surface area contributed by atoms with E-state index in [0.717, 1.165) is 51.9 Å². The molecule has 0 aromatic heterocycles. The average molecular weight is 311 g/mol. The Morgan fingerprint density at radius 1 is 1.23 bits per heavy atom. The Balaban J connectivity index is 2.42. The SMILES string of the molecule is CCCN(CCC)C(=O)CCC(=O)N1CCCC(C(C)N)C1. The molecule has 1 fully saturated rings. The van der Waals surface area contributed by atoms with E-state index in [1.54, 1.807) is 0 Å². The third-order valence-electron chi connectivity index (χ3n) is 4.45. The highest BCUT2D eigenvalue weighted by molar-refractivity contribution is 5.83. The molecule has 2 unspecified atom stereocenters. The standard InChI is InChI=1S/C17H33N3O2/c1-4-10-19(11-5-2)16(21)8-9-17(22)20-12-6-7-15(13-20)14(3)18/h14-15H,4-13,18H2,1-3H3. The third-order valence-corrected chi connectivity index (χ3v) is 4.45. The monoisotopic (exact) mass is 311 g/mol. The molecule has 0 saturated carbocycles. The van der Waals surface area contributed by atoms with Crippen molar-refractivity contribution >= 4 is 11.8 Å². The lowest BCUT2D eigenvalue weighted by molar-refractivity contribution is -0.138. The molecule has 1 aliphatic heterocycles. The maximum absolute atomic E-state index is 12.3. The molecule has 0 spiro atoms. The van der Waals surface area contributed by atoms with E-state index in [1.165, 1.54) is 0 Å². The first kappa shape index (κ1) is 18.9. The summed E-state index contributed by atoms with van der Waals surface area (Å²) in [5.41, 5.74) is 5.96. The molecular formula is C17H33N3O2. The molecule has 0 aromatic rings. The second-order valence-corrected chi connectivity index (χ2v) is 6.48. The maximum Gasteiger partial charge on any atom is 0.223 e. The van der Waals surface area contributed by atoms with Crippen LogP contribution in [0.2, 0.25) is 0 Å². The van der Waals surface area contributed by atoms with Gasteiger partial charge in [0.05, 0.1) is 0 Å². The van der Waals surface area contributed by atoms with Gasteiger partial charge in [0.1, 0.15) is 0 Å². The molecule has 128 valence electrons. The number of nitrogens with two attached hydrogens (primary N) is 1. The summed E-state index contributed by atoms with van der Waals surface area (Å²) < 4.78 is 0. The van der Waals surface area contributed by atoms with Crippen molar-refractivity contribution < 1.29 is 9.59 Å². The van der Waals surface area contributed by atoms with Crippen LogP contribution < -0.4 is 5.73 Å². The molecule has 1 aliphatic rings. The van der Waals surface area contributed by atoms with Gasteiger partial charge in [0, 0.05) is 45.1 Å². The van der Waals surface area contributed by atoms with Gasteiger partial charge in [-0.1, -0.05) is 13.8 Å². The van der Waals surface area contributed by atoms with Crippen molar-refractivity contribution in [3.8, 4) is 0 Å². The van der Waals surface area contributed by atoms with E-state index < -0.39 is 0 Å². The van der Waals surface area contributed by atoms with Crippen molar-refractivity contribution in [2.45, 2.75) is 65.3 Å². The third kappa shape index (κ3) is 5.95. The predicted octanol–water partition coefficient (Wildman–Crippen LogP) is 2.00. The number of carbonyl (C=O) groups is 2. The summed E-state index contributed by atoms with van der Waals surface area (Å²) in [7, 11) is 0. The lowest BCUT2D eigenvalue weighted by Gasteiger charge is -2.34. The summed E-state index contributed by atoms with van der Waals surface area (Å²) in [5, 5.41) is 0. The van der Waals surface area contributed by atoms with Crippen LogP contribution in [0.3, 0.4) is 0 Å². The van der Waals surface area contributed by atoms with Crippen LogP contribution in [0.4, 0.5) is 0 Å². The number of piperidine rings is 1. The summed E-state index contributed by atoms with van der Waals surface area (Å²) in [4.78, 5) is 28.3. The Morgan fingerprint density at radius 3 is 2.41 bits per heavy atom.